The highest BCUT2D eigenvalue weighted by Crippen LogP contribution is 2.18. The Morgan fingerprint density at radius 3 is 2.53 bits per heavy atom. The Hall–Kier alpha value is -0.610. The molecule has 0 bridgehead atoms. The van der Waals surface area contributed by atoms with E-state index >= 15 is 0 Å². The number of hydrogen-bond donors (Lipinski definition) is 1. The fourth-order valence-electron chi connectivity index (χ4n) is 2.90. The second-order valence-electron chi connectivity index (χ2n) is 5.64. The van der Waals surface area contributed by atoms with Gasteiger partial charge in [0, 0.05) is 25.6 Å². The second kappa shape index (κ2) is 5.83. The molecule has 1 atom stereocenters. The van der Waals surface area contributed by atoms with Gasteiger partial charge in [-0.15, -0.1) is 0 Å². The van der Waals surface area contributed by atoms with Gasteiger partial charge in [-0.25, -0.2) is 0 Å². The average molecular weight is 239 g/mol. The van der Waals surface area contributed by atoms with Crippen LogP contribution in [0.15, 0.2) is 0 Å². The lowest BCUT2D eigenvalue weighted by Crippen LogP contribution is -2.44. The summed E-state index contributed by atoms with van der Waals surface area (Å²) in [6.07, 6.45) is 4.17. The highest BCUT2D eigenvalue weighted by atomic mass is 16.2. The summed E-state index contributed by atoms with van der Waals surface area (Å²) in [5, 5.41) is 3.33. The molecule has 1 unspecified atom stereocenters. The minimum absolute atomic E-state index is 0.371. The summed E-state index contributed by atoms with van der Waals surface area (Å²) in [6.45, 7) is 4.00. The highest BCUT2D eigenvalue weighted by Gasteiger charge is 2.26. The first-order chi connectivity index (χ1) is 8.16. The molecule has 4 nitrogen and oxygen atoms in total. The van der Waals surface area contributed by atoms with Gasteiger partial charge in [0.25, 0.3) is 0 Å². The molecule has 4 heteroatoms. The molecule has 0 aromatic heterocycles. The molecule has 0 aromatic rings. The largest absolute Gasteiger partial charge is 0.343 e. The maximum absolute atomic E-state index is 12.1. The number of rotatable bonds is 3. The number of amides is 1. The predicted octanol–water partition coefficient (Wildman–Crippen LogP) is 0.539. The number of carbonyl (C=O) groups is 1. The molecule has 2 aliphatic heterocycles. The Kier molecular flexibility index (Phi) is 4.40. The molecule has 2 rings (SSSR count). The molecule has 2 heterocycles. The lowest BCUT2D eigenvalue weighted by atomic mass is 10.0. The van der Waals surface area contributed by atoms with Gasteiger partial charge in [-0.3, -0.25) is 4.79 Å². The first kappa shape index (κ1) is 12.8. The number of carbonyl (C=O) groups excluding carboxylic acids is 1. The van der Waals surface area contributed by atoms with Gasteiger partial charge in [0.15, 0.2) is 0 Å². The molecule has 0 spiro atoms. The van der Waals surface area contributed by atoms with Crippen LogP contribution in [-0.4, -0.2) is 62.0 Å². The van der Waals surface area contributed by atoms with Crippen LogP contribution in [0, 0.1) is 5.92 Å². The van der Waals surface area contributed by atoms with E-state index in [2.05, 4.69) is 29.2 Å². The smallest absolute Gasteiger partial charge is 0.222 e. The Morgan fingerprint density at radius 2 is 2.00 bits per heavy atom. The van der Waals surface area contributed by atoms with Crippen molar-refractivity contribution in [1.82, 2.24) is 15.1 Å². The summed E-state index contributed by atoms with van der Waals surface area (Å²) in [5.41, 5.74) is 0. The highest BCUT2D eigenvalue weighted by molar-refractivity contribution is 5.76. The Labute approximate surface area is 104 Å². The lowest BCUT2D eigenvalue weighted by Gasteiger charge is -2.35. The van der Waals surface area contributed by atoms with Crippen molar-refractivity contribution < 1.29 is 4.79 Å². The van der Waals surface area contributed by atoms with E-state index in [1.54, 1.807) is 0 Å². The molecule has 98 valence electrons. The second-order valence-corrected chi connectivity index (χ2v) is 5.64. The van der Waals surface area contributed by atoms with E-state index in [1.807, 2.05) is 0 Å². The van der Waals surface area contributed by atoms with Crippen LogP contribution in [0.5, 0.6) is 0 Å². The third-order valence-electron chi connectivity index (χ3n) is 4.17. The normalized spacial score (nSPS) is 26.8. The van der Waals surface area contributed by atoms with Gasteiger partial charge < -0.3 is 15.1 Å². The van der Waals surface area contributed by atoms with Crippen LogP contribution >= 0.6 is 0 Å². The molecule has 0 aromatic carbocycles. The average Bonchev–Trinajstić information content (AvgIpc) is 2.82. The Morgan fingerprint density at radius 1 is 1.29 bits per heavy atom. The predicted molar refractivity (Wildman–Crippen MR) is 68.9 cm³/mol. The maximum Gasteiger partial charge on any atom is 0.222 e. The van der Waals surface area contributed by atoms with Crippen LogP contribution in [0.25, 0.3) is 0 Å². The van der Waals surface area contributed by atoms with Crippen molar-refractivity contribution in [2.75, 3.05) is 40.3 Å². The van der Waals surface area contributed by atoms with E-state index in [1.165, 1.54) is 6.42 Å². The first-order valence-corrected chi connectivity index (χ1v) is 6.81. The van der Waals surface area contributed by atoms with Crippen molar-refractivity contribution in [3.05, 3.63) is 0 Å². The lowest BCUT2D eigenvalue weighted by molar-refractivity contribution is -0.133. The van der Waals surface area contributed by atoms with E-state index in [0.29, 0.717) is 17.9 Å². The first-order valence-electron chi connectivity index (χ1n) is 6.81. The maximum atomic E-state index is 12.1. The molecule has 2 fully saturated rings. The summed E-state index contributed by atoms with van der Waals surface area (Å²) in [5.74, 6) is 0.949. The summed E-state index contributed by atoms with van der Waals surface area (Å²) < 4.78 is 0. The van der Waals surface area contributed by atoms with Crippen LogP contribution in [0.4, 0.5) is 0 Å². The van der Waals surface area contributed by atoms with Crippen molar-refractivity contribution in [1.29, 1.82) is 0 Å². The summed E-state index contributed by atoms with van der Waals surface area (Å²) in [4.78, 5) is 16.5. The Bertz CT molecular complexity index is 253. The number of nitrogens with zero attached hydrogens (tertiary/aromatic N) is 2. The molecular weight excluding hydrogens is 214 g/mol. The number of hydrogen-bond acceptors (Lipinski definition) is 3. The fraction of sp³-hybridized carbons (Fsp3) is 0.923. The van der Waals surface area contributed by atoms with Crippen molar-refractivity contribution in [2.45, 2.75) is 31.7 Å². The van der Waals surface area contributed by atoms with E-state index in [9.17, 15) is 4.79 Å². The zero-order valence-electron chi connectivity index (χ0n) is 11.1. The van der Waals surface area contributed by atoms with Gasteiger partial charge in [-0.2, -0.15) is 0 Å². The van der Waals surface area contributed by atoms with E-state index in [-0.39, 0.29) is 0 Å². The molecule has 1 amide bonds. The van der Waals surface area contributed by atoms with Crippen molar-refractivity contribution in [3.63, 3.8) is 0 Å². The van der Waals surface area contributed by atoms with Gasteiger partial charge in [-0.05, 0) is 52.4 Å². The fourth-order valence-corrected chi connectivity index (χ4v) is 2.90. The molecule has 1 N–H and O–H groups in total. The monoisotopic (exact) mass is 239 g/mol. The third-order valence-corrected chi connectivity index (χ3v) is 4.17. The topological polar surface area (TPSA) is 35.6 Å². The molecule has 2 saturated heterocycles. The van der Waals surface area contributed by atoms with E-state index in [0.717, 1.165) is 45.4 Å². The summed E-state index contributed by atoms with van der Waals surface area (Å²) in [6, 6.07) is 0.659. The number of piperidine rings is 1. The zero-order chi connectivity index (χ0) is 12.3. The van der Waals surface area contributed by atoms with Gasteiger partial charge >= 0.3 is 0 Å². The molecule has 0 aliphatic carbocycles. The molecule has 2 aliphatic rings. The van der Waals surface area contributed by atoms with Gasteiger partial charge in [0.1, 0.15) is 0 Å². The van der Waals surface area contributed by atoms with Crippen LogP contribution in [0.1, 0.15) is 25.7 Å². The minimum atomic E-state index is 0.371. The van der Waals surface area contributed by atoms with Crippen LogP contribution < -0.4 is 5.32 Å². The molecule has 17 heavy (non-hydrogen) atoms. The molecular formula is C13H25N3O. The Balaban J connectivity index is 1.74. The van der Waals surface area contributed by atoms with Crippen LogP contribution in [-0.2, 0) is 4.79 Å². The zero-order valence-corrected chi connectivity index (χ0v) is 11.1. The number of nitrogens with one attached hydrogen (secondary N) is 1. The SMILES string of the molecule is CN(C)C1CCN(C(=O)CC2CCNC2)CC1. The molecule has 0 saturated carbocycles. The number of likely N-dealkylation sites (tertiary alicyclic amines) is 1. The summed E-state index contributed by atoms with van der Waals surface area (Å²) >= 11 is 0. The molecule has 0 radical (unpaired) electrons. The third kappa shape index (κ3) is 3.42. The summed E-state index contributed by atoms with van der Waals surface area (Å²) in [7, 11) is 4.26. The van der Waals surface area contributed by atoms with Gasteiger partial charge in [0.05, 0.1) is 0 Å². The van der Waals surface area contributed by atoms with Crippen LogP contribution in [0.3, 0.4) is 0 Å². The van der Waals surface area contributed by atoms with Gasteiger partial charge in [0.2, 0.25) is 5.91 Å². The minimum Gasteiger partial charge on any atom is -0.343 e. The van der Waals surface area contributed by atoms with Crippen LogP contribution in [0.2, 0.25) is 0 Å². The standard InChI is InChI=1S/C13H25N3O/c1-15(2)12-4-7-16(8-5-12)13(17)9-11-3-6-14-10-11/h11-12,14H,3-10H2,1-2H3. The quantitative estimate of drug-likeness (QED) is 0.781. The van der Waals surface area contributed by atoms with Crippen molar-refractivity contribution in [3.8, 4) is 0 Å². The van der Waals surface area contributed by atoms with E-state index in [4.69, 9.17) is 0 Å². The van der Waals surface area contributed by atoms with E-state index < -0.39 is 0 Å². The van der Waals surface area contributed by atoms with Gasteiger partial charge in [-0.1, -0.05) is 0 Å². The van der Waals surface area contributed by atoms with Crippen molar-refractivity contribution >= 4 is 5.91 Å². The van der Waals surface area contributed by atoms with Crippen molar-refractivity contribution in [2.24, 2.45) is 5.92 Å².